The van der Waals surface area contributed by atoms with Crippen molar-refractivity contribution in [2.75, 3.05) is 0 Å². The fourth-order valence-corrected chi connectivity index (χ4v) is 5.40. The van der Waals surface area contributed by atoms with Gasteiger partial charge in [-0.15, -0.1) is 11.3 Å². The summed E-state index contributed by atoms with van der Waals surface area (Å²) in [4.78, 5) is 1.38. The molecule has 1 aliphatic carbocycles. The van der Waals surface area contributed by atoms with Gasteiger partial charge in [-0.25, -0.2) is 13.1 Å². The Hall–Kier alpha value is 0.0500. The van der Waals surface area contributed by atoms with E-state index in [0.717, 1.165) is 17.7 Å². The third-order valence-corrected chi connectivity index (χ3v) is 6.35. The van der Waals surface area contributed by atoms with E-state index in [9.17, 15) is 8.42 Å². The molecule has 102 valence electrons. The van der Waals surface area contributed by atoms with Crippen molar-refractivity contribution < 1.29 is 8.42 Å². The van der Waals surface area contributed by atoms with Crippen molar-refractivity contribution in [1.29, 1.82) is 0 Å². The van der Waals surface area contributed by atoms with Crippen molar-refractivity contribution in [3.63, 3.8) is 0 Å². The normalized spacial score (nSPS) is 16.4. The molecule has 1 aliphatic rings. The molecule has 0 aromatic carbocycles. The van der Waals surface area contributed by atoms with Gasteiger partial charge in [-0.3, -0.25) is 0 Å². The molecule has 7 heteroatoms. The molecule has 2 N–H and O–H groups in total. The predicted octanol–water partition coefficient (Wildman–Crippen LogP) is 2.45. The molecular weight excluding hydrogens is 336 g/mol. The van der Waals surface area contributed by atoms with Gasteiger partial charge in [-0.1, -0.05) is 13.8 Å². The monoisotopic (exact) mass is 352 g/mol. The molecule has 0 aliphatic heterocycles. The van der Waals surface area contributed by atoms with E-state index in [-0.39, 0.29) is 6.04 Å². The third kappa shape index (κ3) is 3.77. The first-order valence-corrected chi connectivity index (χ1v) is 9.01. The van der Waals surface area contributed by atoms with Gasteiger partial charge in [-0.2, -0.15) is 0 Å². The largest absolute Gasteiger partial charge is 0.310 e. The minimum absolute atomic E-state index is 0.138. The minimum atomic E-state index is -3.36. The van der Waals surface area contributed by atoms with Crippen molar-refractivity contribution in [2.45, 2.75) is 50.2 Å². The number of hydrogen-bond donors (Lipinski definition) is 2. The Bertz CT molecular complexity index is 521. The van der Waals surface area contributed by atoms with Crippen molar-refractivity contribution >= 4 is 37.3 Å². The number of rotatable bonds is 6. The zero-order valence-electron chi connectivity index (χ0n) is 10.4. The Kier molecular flexibility index (Phi) is 4.48. The number of thiophene rings is 1. The summed E-state index contributed by atoms with van der Waals surface area (Å²) in [7, 11) is -3.36. The predicted molar refractivity (Wildman–Crippen MR) is 77.3 cm³/mol. The highest BCUT2D eigenvalue weighted by Gasteiger charge is 2.30. The van der Waals surface area contributed by atoms with Crippen molar-refractivity contribution in [2.24, 2.45) is 0 Å². The first kappa shape index (κ1) is 14.5. The van der Waals surface area contributed by atoms with Crippen LogP contribution in [0.5, 0.6) is 0 Å². The van der Waals surface area contributed by atoms with Crippen molar-refractivity contribution in [3.8, 4) is 0 Å². The minimum Gasteiger partial charge on any atom is -0.310 e. The van der Waals surface area contributed by atoms with Crippen molar-refractivity contribution in [1.82, 2.24) is 10.0 Å². The van der Waals surface area contributed by atoms with Gasteiger partial charge in [-0.05, 0) is 34.8 Å². The highest BCUT2D eigenvalue weighted by atomic mass is 79.9. The van der Waals surface area contributed by atoms with E-state index in [0.29, 0.717) is 21.3 Å². The van der Waals surface area contributed by atoms with Crippen LogP contribution in [0.15, 0.2) is 14.7 Å². The SMILES string of the molecule is CC(C)NCc1cc(S(=O)(=O)NC2CC2)c(Br)s1. The third-order valence-electron chi connectivity index (χ3n) is 2.58. The van der Waals surface area contributed by atoms with E-state index >= 15 is 0 Å². The van der Waals surface area contributed by atoms with Gasteiger partial charge in [0.05, 0.1) is 3.79 Å². The summed E-state index contributed by atoms with van der Waals surface area (Å²) in [5.41, 5.74) is 0. The van der Waals surface area contributed by atoms with E-state index < -0.39 is 10.0 Å². The molecule has 1 saturated carbocycles. The Morgan fingerprint density at radius 1 is 1.50 bits per heavy atom. The van der Waals surface area contributed by atoms with Crippen LogP contribution < -0.4 is 10.0 Å². The molecule has 0 saturated heterocycles. The van der Waals surface area contributed by atoms with Crippen LogP contribution >= 0.6 is 27.3 Å². The Morgan fingerprint density at radius 2 is 2.17 bits per heavy atom. The second-order valence-corrected chi connectivity index (χ2v) is 8.92. The molecule has 0 spiro atoms. The number of nitrogens with one attached hydrogen (secondary N) is 2. The van der Waals surface area contributed by atoms with Crippen molar-refractivity contribution in [3.05, 3.63) is 14.7 Å². The molecule has 2 rings (SSSR count). The lowest BCUT2D eigenvalue weighted by Gasteiger charge is -2.05. The summed E-state index contributed by atoms with van der Waals surface area (Å²) in [6.45, 7) is 4.82. The second kappa shape index (κ2) is 5.58. The lowest BCUT2D eigenvalue weighted by Crippen LogP contribution is -2.25. The first-order valence-electron chi connectivity index (χ1n) is 5.92. The van der Waals surface area contributed by atoms with E-state index in [1.807, 2.05) is 0 Å². The molecule has 0 atom stereocenters. The van der Waals surface area contributed by atoms with E-state index in [1.54, 1.807) is 6.07 Å². The van der Waals surface area contributed by atoms with Gasteiger partial charge < -0.3 is 5.32 Å². The molecule has 18 heavy (non-hydrogen) atoms. The zero-order valence-corrected chi connectivity index (χ0v) is 13.6. The summed E-state index contributed by atoms with van der Waals surface area (Å²) < 4.78 is 27.6. The van der Waals surface area contributed by atoms with Crippen LogP contribution in [-0.4, -0.2) is 20.5 Å². The maximum Gasteiger partial charge on any atom is 0.242 e. The Balaban J connectivity index is 2.12. The summed E-state index contributed by atoms with van der Waals surface area (Å²) >= 11 is 4.81. The maximum absolute atomic E-state index is 12.1. The van der Waals surface area contributed by atoms with Crippen LogP contribution in [0.3, 0.4) is 0 Å². The zero-order chi connectivity index (χ0) is 13.3. The van der Waals surface area contributed by atoms with Crippen LogP contribution in [0.4, 0.5) is 0 Å². The fourth-order valence-electron chi connectivity index (χ4n) is 1.46. The Labute approximate surface area is 120 Å². The molecule has 0 bridgehead atoms. The van der Waals surface area contributed by atoms with Crippen LogP contribution in [0.25, 0.3) is 0 Å². The molecular formula is C11H17BrN2O2S2. The van der Waals surface area contributed by atoms with Gasteiger partial charge in [0.25, 0.3) is 0 Å². The molecule has 1 heterocycles. The molecule has 0 amide bonds. The van der Waals surface area contributed by atoms with E-state index in [1.165, 1.54) is 11.3 Å². The average Bonchev–Trinajstić information content (AvgIpc) is 2.95. The van der Waals surface area contributed by atoms with Gasteiger partial charge in [0.1, 0.15) is 4.90 Å². The van der Waals surface area contributed by atoms with E-state index in [4.69, 9.17) is 0 Å². The maximum atomic E-state index is 12.1. The van der Waals surface area contributed by atoms with Crippen LogP contribution in [0.1, 0.15) is 31.6 Å². The average molecular weight is 353 g/mol. The molecule has 1 fully saturated rings. The fraction of sp³-hybridized carbons (Fsp3) is 0.636. The molecule has 1 aromatic heterocycles. The lowest BCUT2D eigenvalue weighted by molar-refractivity contribution is 0.580. The smallest absolute Gasteiger partial charge is 0.242 e. The summed E-state index contributed by atoms with van der Waals surface area (Å²) in [6, 6.07) is 2.27. The topological polar surface area (TPSA) is 58.2 Å². The Morgan fingerprint density at radius 3 is 2.72 bits per heavy atom. The standard InChI is InChI=1S/C11H17BrN2O2S2/c1-7(2)13-6-9-5-10(11(12)17-9)18(15,16)14-8-3-4-8/h5,7-8,13-14H,3-4,6H2,1-2H3. The van der Waals surface area contributed by atoms with E-state index in [2.05, 4.69) is 39.8 Å². The molecule has 1 aromatic rings. The van der Waals surface area contributed by atoms with Gasteiger partial charge in [0.15, 0.2) is 0 Å². The highest BCUT2D eigenvalue weighted by molar-refractivity contribution is 9.11. The molecule has 0 unspecified atom stereocenters. The second-order valence-electron chi connectivity index (χ2n) is 4.78. The lowest BCUT2D eigenvalue weighted by atomic mass is 10.4. The first-order chi connectivity index (χ1) is 8.38. The summed E-state index contributed by atoms with van der Waals surface area (Å²) in [6.07, 6.45) is 1.89. The summed E-state index contributed by atoms with van der Waals surface area (Å²) in [5, 5.41) is 3.28. The molecule has 0 radical (unpaired) electrons. The summed E-state index contributed by atoms with van der Waals surface area (Å²) in [5.74, 6) is 0. The van der Waals surface area contributed by atoms with Crippen LogP contribution in [0.2, 0.25) is 0 Å². The van der Waals surface area contributed by atoms with Gasteiger partial charge in [0.2, 0.25) is 10.0 Å². The van der Waals surface area contributed by atoms with Gasteiger partial charge in [0, 0.05) is 23.5 Å². The highest BCUT2D eigenvalue weighted by Crippen LogP contribution is 2.33. The van der Waals surface area contributed by atoms with Crippen LogP contribution in [-0.2, 0) is 16.6 Å². The number of halogens is 1. The molecule has 4 nitrogen and oxygen atoms in total. The van der Waals surface area contributed by atoms with Gasteiger partial charge >= 0.3 is 0 Å². The number of hydrogen-bond acceptors (Lipinski definition) is 4. The number of sulfonamides is 1. The van der Waals surface area contributed by atoms with Crippen LogP contribution in [0, 0.1) is 0 Å². The quantitative estimate of drug-likeness (QED) is 0.826.